The van der Waals surface area contributed by atoms with Gasteiger partial charge < -0.3 is 10.1 Å². The fraction of sp³-hybridized carbons (Fsp3) is 0.385. The second-order valence-electron chi connectivity index (χ2n) is 9.99. The van der Waals surface area contributed by atoms with Crippen molar-refractivity contribution in [3.8, 4) is 16.9 Å². The zero-order valence-electron chi connectivity index (χ0n) is 19.4. The normalized spacial score (nSPS) is 20.0. The number of ether oxygens (including phenoxy) is 1. The lowest BCUT2D eigenvalue weighted by Crippen LogP contribution is -2.34. The van der Waals surface area contributed by atoms with Crippen molar-refractivity contribution < 1.29 is 18.7 Å². The molecular formula is C26H29FN2O3. The third-order valence-corrected chi connectivity index (χ3v) is 6.84. The second-order valence-corrected chi connectivity index (χ2v) is 9.99. The predicted octanol–water partition coefficient (Wildman–Crippen LogP) is 5.34. The summed E-state index contributed by atoms with van der Waals surface area (Å²) in [5.41, 5.74) is 4.85. The predicted molar refractivity (Wildman–Crippen MR) is 123 cm³/mol. The zero-order valence-corrected chi connectivity index (χ0v) is 19.4. The average Bonchev–Trinajstić information content (AvgIpc) is 3.04. The molecule has 0 saturated carbocycles. The monoisotopic (exact) mass is 436 g/mol. The third kappa shape index (κ3) is 3.57. The van der Waals surface area contributed by atoms with Crippen molar-refractivity contribution in [2.45, 2.75) is 58.3 Å². The highest BCUT2D eigenvalue weighted by molar-refractivity contribution is 6.14. The molecule has 0 aromatic heterocycles. The number of hydrogen-bond donors (Lipinski definition) is 2. The molecule has 4 rings (SSSR count). The molecule has 0 unspecified atom stereocenters. The number of rotatable bonds is 3. The van der Waals surface area contributed by atoms with E-state index in [4.69, 9.17) is 4.74 Å². The van der Waals surface area contributed by atoms with Gasteiger partial charge >= 0.3 is 6.03 Å². The highest BCUT2D eigenvalue weighted by Crippen LogP contribution is 2.48. The number of aryl methyl sites for hydroxylation is 1. The van der Waals surface area contributed by atoms with Gasteiger partial charge in [-0.2, -0.15) is 0 Å². The molecule has 0 spiro atoms. The Kier molecular flexibility index (Phi) is 5.15. The van der Waals surface area contributed by atoms with Crippen LogP contribution in [-0.4, -0.2) is 19.0 Å². The first-order chi connectivity index (χ1) is 14.9. The van der Waals surface area contributed by atoms with Gasteiger partial charge in [0.05, 0.1) is 12.7 Å². The van der Waals surface area contributed by atoms with E-state index in [0.717, 1.165) is 24.0 Å². The first-order valence-electron chi connectivity index (χ1n) is 10.8. The quantitative estimate of drug-likeness (QED) is 0.504. The van der Waals surface area contributed by atoms with Gasteiger partial charge in [-0.3, -0.25) is 10.1 Å². The van der Waals surface area contributed by atoms with Crippen molar-refractivity contribution >= 4 is 18.0 Å². The smallest absolute Gasteiger partial charge is 0.326 e. The molecule has 1 aliphatic heterocycles. The van der Waals surface area contributed by atoms with E-state index in [0.29, 0.717) is 11.3 Å². The minimum absolute atomic E-state index is 0.00932. The van der Waals surface area contributed by atoms with Gasteiger partial charge in [-0.05, 0) is 77.1 Å². The summed E-state index contributed by atoms with van der Waals surface area (Å²) >= 11 is 0. The number of amides is 3. The molecule has 2 N–H and O–H groups in total. The molecule has 32 heavy (non-hydrogen) atoms. The largest absolute Gasteiger partial charge is 0.496 e. The van der Waals surface area contributed by atoms with E-state index < -0.39 is 17.8 Å². The third-order valence-electron chi connectivity index (χ3n) is 6.84. The van der Waals surface area contributed by atoms with Crippen LogP contribution in [0, 0.1) is 12.7 Å². The highest BCUT2D eigenvalue weighted by atomic mass is 19.1. The Morgan fingerprint density at radius 1 is 1.00 bits per heavy atom. The molecule has 5 nitrogen and oxygen atoms in total. The van der Waals surface area contributed by atoms with Crippen LogP contribution in [0.15, 0.2) is 30.0 Å². The number of urea groups is 1. The maximum atomic E-state index is 15.9. The number of benzene rings is 2. The second kappa shape index (κ2) is 7.47. The van der Waals surface area contributed by atoms with E-state index in [9.17, 15) is 9.59 Å². The number of halogens is 1. The van der Waals surface area contributed by atoms with Crippen LogP contribution in [-0.2, 0) is 15.6 Å². The van der Waals surface area contributed by atoms with E-state index in [1.807, 2.05) is 6.92 Å². The lowest BCUT2D eigenvalue weighted by atomic mass is 9.62. The zero-order chi connectivity index (χ0) is 23.4. The molecule has 2 aliphatic rings. The number of methoxy groups -OCH3 is 1. The summed E-state index contributed by atoms with van der Waals surface area (Å²) in [6, 6.07) is 6.90. The first-order valence-corrected chi connectivity index (χ1v) is 10.8. The van der Waals surface area contributed by atoms with Crippen molar-refractivity contribution in [3.05, 3.63) is 58.0 Å². The van der Waals surface area contributed by atoms with Crippen LogP contribution in [0.2, 0.25) is 0 Å². The Hall–Kier alpha value is -3.15. The molecular weight excluding hydrogens is 407 g/mol. The van der Waals surface area contributed by atoms with Crippen LogP contribution < -0.4 is 15.4 Å². The maximum absolute atomic E-state index is 15.9. The molecule has 1 saturated heterocycles. The van der Waals surface area contributed by atoms with Crippen molar-refractivity contribution in [1.82, 2.24) is 10.6 Å². The molecule has 2 aromatic rings. The van der Waals surface area contributed by atoms with E-state index in [1.165, 1.54) is 24.3 Å². The van der Waals surface area contributed by atoms with Gasteiger partial charge in [-0.1, -0.05) is 33.8 Å². The van der Waals surface area contributed by atoms with Crippen molar-refractivity contribution in [3.63, 3.8) is 0 Å². The Bertz CT molecular complexity index is 1180. The van der Waals surface area contributed by atoms with Crippen LogP contribution in [0.3, 0.4) is 0 Å². The highest BCUT2D eigenvalue weighted by Gasteiger charge is 2.38. The lowest BCUT2D eigenvalue weighted by Gasteiger charge is -2.42. The van der Waals surface area contributed by atoms with Gasteiger partial charge in [0.25, 0.3) is 5.91 Å². The summed E-state index contributed by atoms with van der Waals surface area (Å²) in [6.07, 6.45) is 3.50. The summed E-state index contributed by atoms with van der Waals surface area (Å²) in [6.45, 7) is 11.0. The average molecular weight is 437 g/mol. The molecule has 0 bridgehead atoms. The first kappa shape index (κ1) is 22.1. The lowest BCUT2D eigenvalue weighted by molar-refractivity contribution is -0.115. The molecule has 3 amide bonds. The van der Waals surface area contributed by atoms with Crippen molar-refractivity contribution in [2.24, 2.45) is 0 Å². The summed E-state index contributed by atoms with van der Waals surface area (Å²) in [7, 11) is 1.52. The van der Waals surface area contributed by atoms with Crippen LogP contribution in [0.1, 0.15) is 62.8 Å². The Labute approximate surface area is 188 Å². The van der Waals surface area contributed by atoms with Crippen LogP contribution in [0.4, 0.5) is 9.18 Å². The van der Waals surface area contributed by atoms with Crippen molar-refractivity contribution in [1.29, 1.82) is 0 Å². The topological polar surface area (TPSA) is 67.4 Å². The number of fused-ring (bicyclic) bond motifs is 1. The van der Waals surface area contributed by atoms with Gasteiger partial charge in [-0.25, -0.2) is 9.18 Å². The summed E-state index contributed by atoms with van der Waals surface area (Å²) in [5.74, 6) is -0.664. The number of nitrogens with one attached hydrogen (secondary N) is 2. The van der Waals surface area contributed by atoms with Crippen LogP contribution >= 0.6 is 0 Å². The summed E-state index contributed by atoms with van der Waals surface area (Å²) in [5, 5.41) is 4.53. The number of carbonyl (C=O) groups excluding carboxylic acids is 2. The Balaban J connectivity index is 1.93. The van der Waals surface area contributed by atoms with E-state index in [2.05, 4.69) is 50.5 Å². The van der Waals surface area contributed by atoms with E-state index in [1.54, 1.807) is 12.1 Å². The minimum Gasteiger partial charge on any atom is -0.496 e. The molecule has 1 aliphatic carbocycles. The van der Waals surface area contributed by atoms with Crippen LogP contribution in [0.5, 0.6) is 5.75 Å². The van der Waals surface area contributed by atoms with Crippen LogP contribution in [0.25, 0.3) is 17.2 Å². The molecule has 1 heterocycles. The molecule has 1 fully saturated rings. The fourth-order valence-electron chi connectivity index (χ4n) is 4.74. The fourth-order valence-corrected chi connectivity index (χ4v) is 4.74. The number of carbonyl (C=O) groups is 2. The maximum Gasteiger partial charge on any atom is 0.326 e. The Morgan fingerprint density at radius 2 is 1.62 bits per heavy atom. The molecule has 6 heteroatoms. The van der Waals surface area contributed by atoms with Crippen molar-refractivity contribution in [2.75, 3.05) is 7.11 Å². The number of hydrogen-bond acceptors (Lipinski definition) is 3. The molecule has 2 aromatic carbocycles. The minimum atomic E-state index is -0.620. The van der Waals surface area contributed by atoms with Gasteiger partial charge in [0.1, 0.15) is 17.3 Å². The number of imide groups is 1. The SMILES string of the molecule is COc1ccc(/C=C2\NC(=O)NC2=O)c(F)c1-c1cc2c(cc1C)C(C)(C)CCC2(C)C. The summed E-state index contributed by atoms with van der Waals surface area (Å²) in [4.78, 5) is 23.3. The van der Waals surface area contributed by atoms with Gasteiger partial charge in [-0.15, -0.1) is 0 Å². The summed E-state index contributed by atoms with van der Waals surface area (Å²) < 4.78 is 21.4. The molecule has 0 atom stereocenters. The van der Waals surface area contributed by atoms with E-state index in [-0.39, 0.29) is 22.1 Å². The van der Waals surface area contributed by atoms with E-state index >= 15 is 4.39 Å². The Morgan fingerprint density at radius 3 is 2.19 bits per heavy atom. The standard InChI is InChI=1S/C26H29FN2O3/c1-14-11-17-18(26(4,5)10-9-25(17,2)3)13-16(14)21-20(32-6)8-7-15(22(21)27)12-19-23(30)29-24(31)28-19/h7-8,11-13H,9-10H2,1-6H3,(H2,28,29,30,31)/b19-12-. The van der Waals surface area contributed by atoms with Gasteiger partial charge in [0.2, 0.25) is 0 Å². The van der Waals surface area contributed by atoms with Gasteiger partial charge in [0.15, 0.2) is 0 Å². The molecule has 168 valence electrons. The van der Waals surface area contributed by atoms with Gasteiger partial charge in [0, 0.05) is 5.56 Å². The molecule has 0 radical (unpaired) electrons.